The molecule has 0 saturated heterocycles. The first-order valence-corrected chi connectivity index (χ1v) is 7.64. The van der Waals surface area contributed by atoms with E-state index in [1.54, 1.807) is 20.2 Å². The van der Waals surface area contributed by atoms with Crippen molar-refractivity contribution in [3.8, 4) is 5.75 Å². The molecule has 2 aromatic rings. The second-order valence-electron chi connectivity index (χ2n) is 5.82. The SMILES string of the molecule is COc1cc(CC(=O)N(C)Cc2nccn2CC(F)(F)F)ccc1C. The molecule has 0 aliphatic heterocycles. The summed E-state index contributed by atoms with van der Waals surface area (Å²) in [6.45, 7) is 0.779. The first-order chi connectivity index (χ1) is 11.7. The van der Waals surface area contributed by atoms with Crippen molar-refractivity contribution in [3.05, 3.63) is 47.5 Å². The third kappa shape index (κ3) is 5.23. The fourth-order valence-electron chi connectivity index (χ4n) is 2.41. The number of hydrogen-bond donors (Lipinski definition) is 0. The van der Waals surface area contributed by atoms with Gasteiger partial charge in [0.1, 0.15) is 18.1 Å². The highest BCUT2D eigenvalue weighted by atomic mass is 19.4. The number of benzene rings is 1. The Balaban J connectivity index is 2.03. The van der Waals surface area contributed by atoms with Gasteiger partial charge in [-0.1, -0.05) is 12.1 Å². The zero-order valence-electron chi connectivity index (χ0n) is 14.3. The van der Waals surface area contributed by atoms with Gasteiger partial charge in [-0.05, 0) is 24.1 Å². The monoisotopic (exact) mass is 355 g/mol. The number of likely N-dealkylation sites (N-methyl/N-ethyl adjacent to an activating group) is 1. The van der Waals surface area contributed by atoms with Gasteiger partial charge in [0.2, 0.25) is 5.91 Å². The van der Waals surface area contributed by atoms with Crippen LogP contribution in [-0.2, 0) is 24.3 Å². The molecule has 0 N–H and O–H groups in total. The molecule has 8 heteroatoms. The van der Waals surface area contributed by atoms with E-state index in [2.05, 4.69) is 4.98 Å². The van der Waals surface area contributed by atoms with Crippen LogP contribution >= 0.6 is 0 Å². The molecule has 136 valence electrons. The van der Waals surface area contributed by atoms with Crippen LogP contribution in [0, 0.1) is 6.92 Å². The van der Waals surface area contributed by atoms with Crippen molar-refractivity contribution in [3.63, 3.8) is 0 Å². The van der Waals surface area contributed by atoms with Crippen LogP contribution in [0.15, 0.2) is 30.6 Å². The van der Waals surface area contributed by atoms with Crippen molar-refractivity contribution in [2.45, 2.75) is 32.6 Å². The van der Waals surface area contributed by atoms with E-state index in [0.717, 1.165) is 15.7 Å². The van der Waals surface area contributed by atoms with Crippen molar-refractivity contribution in [1.29, 1.82) is 0 Å². The summed E-state index contributed by atoms with van der Waals surface area (Å²) in [5, 5.41) is 0. The highest BCUT2D eigenvalue weighted by Gasteiger charge is 2.29. The Morgan fingerprint density at radius 2 is 2.08 bits per heavy atom. The van der Waals surface area contributed by atoms with Crippen molar-refractivity contribution < 1.29 is 22.7 Å². The third-order valence-corrected chi connectivity index (χ3v) is 3.78. The van der Waals surface area contributed by atoms with Crippen LogP contribution in [-0.4, -0.2) is 40.7 Å². The number of rotatable bonds is 6. The van der Waals surface area contributed by atoms with E-state index < -0.39 is 12.7 Å². The number of aryl methyl sites for hydroxylation is 1. The van der Waals surface area contributed by atoms with Gasteiger partial charge in [0.05, 0.1) is 20.1 Å². The average Bonchev–Trinajstić information content (AvgIpc) is 2.94. The van der Waals surface area contributed by atoms with E-state index in [9.17, 15) is 18.0 Å². The van der Waals surface area contributed by atoms with E-state index in [1.165, 1.54) is 17.3 Å². The number of hydrogen-bond acceptors (Lipinski definition) is 3. The fraction of sp³-hybridized carbons (Fsp3) is 0.412. The number of aromatic nitrogens is 2. The third-order valence-electron chi connectivity index (χ3n) is 3.78. The van der Waals surface area contributed by atoms with Crippen LogP contribution < -0.4 is 4.74 Å². The molecular weight excluding hydrogens is 335 g/mol. The molecule has 0 fully saturated rings. The van der Waals surface area contributed by atoms with Crippen LogP contribution in [0.3, 0.4) is 0 Å². The maximum Gasteiger partial charge on any atom is 0.406 e. The van der Waals surface area contributed by atoms with E-state index in [1.807, 2.05) is 19.1 Å². The van der Waals surface area contributed by atoms with Gasteiger partial charge < -0.3 is 14.2 Å². The van der Waals surface area contributed by atoms with Crippen LogP contribution in [0.1, 0.15) is 17.0 Å². The first-order valence-electron chi connectivity index (χ1n) is 7.64. The topological polar surface area (TPSA) is 47.4 Å². The maximum absolute atomic E-state index is 12.5. The lowest BCUT2D eigenvalue weighted by Crippen LogP contribution is -2.30. The van der Waals surface area contributed by atoms with E-state index in [0.29, 0.717) is 5.75 Å². The summed E-state index contributed by atoms with van der Waals surface area (Å²) in [7, 11) is 3.10. The number of carbonyl (C=O) groups is 1. The number of carbonyl (C=O) groups excluding carboxylic acids is 1. The van der Waals surface area contributed by atoms with Crippen LogP contribution in [0.5, 0.6) is 5.75 Å². The van der Waals surface area contributed by atoms with Gasteiger partial charge in [-0.2, -0.15) is 13.2 Å². The standard InChI is InChI=1S/C17H20F3N3O2/c1-12-4-5-13(8-14(12)25-3)9-16(24)22(2)10-15-21-6-7-23(15)11-17(18,19)20/h4-8H,9-11H2,1-3H3. The minimum Gasteiger partial charge on any atom is -0.496 e. The van der Waals surface area contributed by atoms with Gasteiger partial charge in [0.25, 0.3) is 0 Å². The number of alkyl halides is 3. The second kappa shape index (κ2) is 7.58. The van der Waals surface area contributed by atoms with Gasteiger partial charge in [-0.3, -0.25) is 4.79 Å². The number of nitrogens with zero attached hydrogens (tertiary/aromatic N) is 3. The highest BCUT2D eigenvalue weighted by Crippen LogP contribution is 2.20. The lowest BCUT2D eigenvalue weighted by molar-refractivity contribution is -0.141. The zero-order chi connectivity index (χ0) is 18.6. The summed E-state index contributed by atoms with van der Waals surface area (Å²) in [5.74, 6) is 0.663. The highest BCUT2D eigenvalue weighted by molar-refractivity contribution is 5.78. The molecule has 0 aliphatic rings. The van der Waals surface area contributed by atoms with Gasteiger partial charge in [-0.25, -0.2) is 4.98 Å². The molecule has 0 unspecified atom stereocenters. The van der Waals surface area contributed by atoms with E-state index >= 15 is 0 Å². The normalized spacial score (nSPS) is 11.4. The van der Waals surface area contributed by atoms with Gasteiger partial charge in [0, 0.05) is 19.4 Å². The molecule has 5 nitrogen and oxygen atoms in total. The maximum atomic E-state index is 12.5. The quantitative estimate of drug-likeness (QED) is 0.800. The van der Waals surface area contributed by atoms with Crippen molar-refractivity contribution in [2.24, 2.45) is 0 Å². The smallest absolute Gasteiger partial charge is 0.406 e. The molecule has 2 rings (SSSR count). The van der Waals surface area contributed by atoms with Crippen LogP contribution in [0.4, 0.5) is 13.2 Å². The minimum absolute atomic E-state index is 0.00487. The molecule has 0 spiro atoms. The molecule has 0 saturated carbocycles. The van der Waals surface area contributed by atoms with Crippen molar-refractivity contribution in [1.82, 2.24) is 14.5 Å². The Kier molecular flexibility index (Phi) is 5.71. The first kappa shape index (κ1) is 18.8. The Labute approximate surface area is 144 Å². The summed E-state index contributed by atoms with van der Waals surface area (Å²) < 4.78 is 43.9. The van der Waals surface area contributed by atoms with Gasteiger partial charge in [-0.15, -0.1) is 0 Å². The van der Waals surface area contributed by atoms with Crippen molar-refractivity contribution in [2.75, 3.05) is 14.2 Å². The molecule has 1 aromatic carbocycles. The lowest BCUT2D eigenvalue weighted by Gasteiger charge is -2.18. The fourth-order valence-corrected chi connectivity index (χ4v) is 2.41. The molecule has 0 aliphatic carbocycles. The predicted molar refractivity (Wildman–Crippen MR) is 86.2 cm³/mol. The van der Waals surface area contributed by atoms with Crippen molar-refractivity contribution >= 4 is 5.91 Å². The summed E-state index contributed by atoms with van der Waals surface area (Å²) >= 11 is 0. The average molecular weight is 355 g/mol. The summed E-state index contributed by atoms with van der Waals surface area (Å²) in [5.41, 5.74) is 1.74. The second-order valence-corrected chi connectivity index (χ2v) is 5.82. The Morgan fingerprint density at radius 1 is 1.36 bits per heavy atom. The van der Waals surface area contributed by atoms with Gasteiger partial charge >= 0.3 is 6.18 Å². The number of ether oxygens (including phenoxy) is 1. The largest absolute Gasteiger partial charge is 0.496 e. The molecular formula is C17H20F3N3O2. The number of halogens is 3. The number of imidazole rings is 1. The van der Waals surface area contributed by atoms with Crippen LogP contribution in [0.2, 0.25) is 0 Å². The summed E-state index contributed by atoms with van der Waals surface area (Å²) in [6.07, 6.45) is -1.65. The molecule has 1 heterocycles. The number of methoxy groups -OCH3 is 1. The van der Waals surface area contributed by atoms with E-state index in [-0.39, 0.29) is 24.7 Å². The summed E-state index contributed by atoms with van der Waals surface area (Å²) in [4.78, 5) is 17.6. The Bertz CT molecular complexity index is 741. The molecule has 1 amide bonds. The summed E-state index contributed by atoms with van der Waals surface area (Å²) in [6, 6.07) is 5.47. The zero-order valence-corrected chi connectivity index (χ0v) is 14.3. The molecule has 25 heavy (non-hydrogen) atoms. The Hall–Kier alpha value is -2.51. The van der Waals surface area contributed by atoms with Gasteiger partial charge in [0.15, 0.2) is 0 Å². The minimum atomic E-state index is -4.34. The van der Waals surface area contributed by atoms with E-state index in [4.69, 9.17) is 4.74 Å². The predicted octanol–water partition coefficient (Wildman–Crippen LogP) is 2.96. The Morgan fingerprint density at radius 3 is 2.72 bits per heavy atom. The molecule has 0 bridgehead atoms. The van der Waals surface area contributed by atoms with Crippen LogP contribution in [0.25, 0.3) is 0 Å². The molecule has 0 radical (unpaired) electrons. The molecule has 0 atom stereocenters. The lowest BCUT2D eigenvalue weighted by atomic mass is 10.1. The number of amides is 1. The molecule has 1 aromatic heterocycles.